The molecule has 0 spiro atoms. The van der Waals surface area contributed by atoms with Gasteiger partial charge in [0.05, 0.1) is 0 Å². The Morgan fingerprint density at radius 3 is 2.95 bits per heavy atom. The molecule has 1 aliphatic carbocycles. The average molecular weight is 288 g/mol. The molecule has 0 aromatic carbocycles. The van der Waals surface area contributed by atoms with Crippen LogP contribution in [0.2, 0.25) is 0 Å². The van der Waals surface area contributed by atoms with Crippen molar-refractivity contribution in [2.45, 2.75) is 64.3 Å². The smallest absolute Gasteiger partial charge is 0.0224 e. The third kappa shape index (κ3) is 3.37. The van der Waals surface area contributed by atoms with Gasteiger partial charge in [-0.05, 0) is 88.3 Å². The molecule has 118 valence electrons. The molecule has 1 saturated carbocycles. The van der Waals surface area contributed by atoms with Crippen LogP contribution >= 0.6 is 0 Å². The van der Waals surface area contributed by atoms with Crippen LogP contribution < -0.4 is 5.32 Å². The fraction of sp³-hybridized carbons (Fsp3) is 0.895. The zero-order valence-electron chi connectivity index (χ0n) is 13.7. The van der Waals surface area contributed by atoms with E-state index >= 15 is 0 Å². The Morgan fingerprint density at radius 2 is 2.10 bits per heavy atom. The van der Waals surface area contributed by atoms with E-state index in [1.54, 1.807) is 5.57 Å². The first-order valence-corrected chi connectivity index (χ1v) is 9.37. The molecule has 4 rings (SSSR count). The van der Waals surface area contributed by atoms with Gasteiger partial charge in [0.2, 0.25) is 0 Å². The van der Waals surface area contributed by atoms with Gasteiger partial charge in [-0.25, -0.2) is 0 Å². The van der Waals surface area contributed by atoms with E-state index in [1.807, 2.05) is 0 Å². The Labute approximate surface area is 130 Å². The normalized spacial score (nSPS) is 46.2. The van der Waals surface area contributed by atoms with Crippen LogP contribution in [0, 0.1) is 17.3 Å². The van der Waals surface area contributed by atoms with Gasteiger partial charge < -0.3 is 5.32 Å². The molecule has 0 radical (unpaired) electrons. The number of rotatable bonds is 3. The first-order valence-electron chi connectivity index (χ1n) is 9.37. The Hall–Kier alpha value is -0.340. The summed E-state index contributed by atoms with van der Waals surface area (Å²) in [5.74, 6) is 1.93. The Morgan fingerprint density at radius 1 is 1.24 bits per heavy atom. The molecule has 21 heavy (non-hydrogen) atoms. The van der Waals surface area contributed by atoms with Crippen LogP contribution in [-0.2, 0) is 0 Å². The maximum atomic E-state index is 3.47. The molecule has 1 N–H and O–H groups in total. The van der Waals surface area contributed by atoms with Gasteiger partial charge in [0.25, 0.3) is 0 Å². The van der Waals surface area contributed by atoms with Crippen molar-refractivity contribution >= 4 is 0 Å². The molecule has 3 saturated heterocycles. The summed E-state index contributed by atoms with van der Waals surface area (Å²) in [4.78, 5) is 2.68. The minimum atomic E-state index is 0.658. The Balaban J connectivity index is 1.29. The van der Waals surface area contributed by atoms with Gasteiger partial charge in [-0.2, -0.15) is 0 Å². The lowest BCUT2D eigenvalue weighted by atomic mass is 9.84. The van der Waals surface area contributed by atoms with E-state index in [9.17, 15) is 0 Å². The zero-order chi connectivity index (χ0) is 14.3. The highest BCUT2D eigenvalue weighted by Gasteiger charge is 2.49. The minimum Gasteiger partial charge on any atom is -0.316 e. The second-order valence-corrected chi connectivity index (χ2v) is 8.48. The van der Waals surface area contributed by atoms with Gasteiger partial charge in [-0.1, -0.05) is 18.6 Å². The van der Waals surface area contributed by atoms with E-state index in [-0.39, 0.29) is 0 Å². The van der Waals surface area contributed by atoms with Gasteiger partial charge in [0, 0.05) is 12.6 Å². The predicted molar refractivity (Wildman–Crippen MR) is 88.3 cm³/mol. The molecule has 3 aliphatic heterocycles. The highest BCUT2D eigenvalue weighted by Crippen LogP contribution is 2.58. The monoisotopic (exact) mass is 288 g/mol. The van der Waals surface area contributed by atoms with Crippen molar-refractivity contribution in [2.24, 2.45) is 17.3 Å². The van der Waals surface area contributed by atoms with Crippen molar-refractivity contribution in [1.29, 1.82) is 0 Å². The summed E-state index contributed by atoms with van der Waals surface area (Å²) in [7, 11) is 0. The lowest BCUT2D eigenvalue weighted by Crippen LogP contribution is -2.23. The zero-order valence-corrected chi connectivity index (χ0v) is 13.7. The molecule has 0 bridgehead atoms. The first-order chi connectivity index (χ1) is 10.2. The first kappa shape index (κ1) is 14.3. The van der Waals surface area contributed by atoms with Crippen molar-refractivity contribution in [3.8, 4) is 0 Å². The van der Waals surface area contributed by atoms with E-state index in [2.05, 4.69) is 23.2 Å². The highest BCUT2D eigenvalue weighted by molar-refractivity contribution is 5.17. The highest BCUT2D eigenvalue weighted by atomic mass is 15.3. The second-order valence-electron chi connectivity index (χ2n) is 8.48. The Bertz CT molecular complexity index is 408. The second kappa shape index (κ2) is 5.70. The lowest BCUT2D eigenvalue weighted by molar-refractivity contribution is 0.283. The van der Waals surface area contributed by atoms with Crippen LogP contribution in [0.5, 0.6) is 0 Å². The molecule has 2 heteroatoms. The van der Waals surface area contributed by atoms with Crippen LogP contribution in [-0.4, -0.2) is 37.1 Å². The van der Waals surface area contributed by atoms with E-state index in [1.165, 1.54) is 77.5 Å². The third-order valence-corrected chi connectivity index (χ3v) is 6.65. The molecule has 0 amide bonds. The minimum absolute atomic E-state index is 0.658. The molecule has 3 heterocycles. The quantitative estimate of drug-likeness (QED) is 0.630. The molecule has 4 fully saturated rings. The van der Waals surface area contributed by atoms with Gasteiger partial charge in [0.1, 0.15) is 0 Å². The van der Waals surface area contributed by atoms with E-state index in [0.717, 1.165) is 17.9 Å². The summed E-state index contributed by atoms with van der Waals surface area (Å²) in [5.41, 5.74) is 2.40. The van der Waals surface area contributed by atoms with Crippen LogP contribution in [0.15, 0.2) is 11.6 Å². The molecule has 5 unspecified atom stereocenters. The lowest BCUT2D eigenvalue weighted by Gasteiger charge is -2.23. The molecular formula is C19H32N2. The van der Waals surface area contributed by atoms with E-state index in [0.29, 0.717) is 5.41 Å². The molecule has 2 nitrogen and oxygen atoms in total. The van der Waals surface area contributed by atoms with Gasteiger partial charge >= 0.3 is 0 Å². The van der Waals surface area contributed by atoms with Crippen molar-refractivity contribution in [2.75, 3.05) is 26.2 Å². The molecule has 0 aromatic heterocycles. The van der Waals surface area contributed by atoms with Crippen LogP contribution in [0.4, 0.5) is 0 Å². The number of nitrogens with one attached hydrogen (secondary N) is 1. The molecule has 0 aromatic rings. The fourth-order valence-electron chi connectivity index (χ4n) is 4.93. The molecule has 5 atom stereocenters. The van der Waals surface area contributed by atoms with E-state index in [4.69, 9.17) is 0 Å². The summed E-state index contributed by atoms with van der Waals surface area (Å²) in [5, 5.41) is 3.47. The van der Waals surface area contributed by atoms with Gasteiger partial charge in [0.15, 0.2) is 0 Å². The number of fused-ring (bicyclic) bond motifs is 1. The summed E-state index contributed by atoms with van der Waals surface area (Å²) < 4.78 is 0. The largest absolute Gasteiger partial charge is 0.316 e. The van der Waals surface area contributed by atoms with Crippen molar-refractivity contribution in [1.82, 2.24) is 10.2 Å². The topological polar surface area (TPSA) is 15.0 Å². The SMILES string of the molecule is CC1(CC2CCCN3CC3CC2)CC1C=C1CCNCC1. The number of allylic oxidation sites excluding steroid dienone is 1. The standard InChI is InChI=1S/C19H32N2/c1-19(13-17(19)11-15-6-8-20-9-7-15)12-16-3-2-10-21-14-18(21)5-4-16/h11,16-18,20H,2-10,12-14H2,1H3. The predicted octanol–water partition coefficient (Wildman–Crippen LogP) is 3.59. The number of piperidine rings is 1. The average Bonchev–Trinajstić information content (AvgIpc) is 3.34. The van der Waals surface area contributed by atoms with Crippen LogP contribution in [0.3, 0.4) is 0 Å². The van der Waals surface area contributed by atoms with E-state index < -0.39 is 0 Å². The molecular weight excluding hydrogens is 256 g/mol. The summed E-state index contributed by atoms with van der Waals surface area (Å²) in [6.07, 6.45) is 14.2. The van der Waals surface area contributed by atoms with Crippen molar-refractivity contribution in [3.05, 3.63) is 11.6 Å². The number of hydrogen-bond acceptors (Lipinski definition) is 2. The maximum Gasteiger partial charge on any atom is 0.0224 e. The number of nitrogens with zero attached hydrogens (tertiary/aromatic N) is 1. The van der Waals surface area contributed by atoms with Gasteiger partial charge in [-0.15, -0.1) is 0 Å². The van der Waals surface area contributed by atoms with Crippen LogP contribution in [0.25, 0.3) is 0 Å². The summed E-state index contributed by atoms with van der Waals surface area (Å²) >= 11 is 0. The fourth-order valence-corrected chi connectivity index (χ4v) is 4.93. The maximum absolute atomic E-state index is 3.47. The van der Waals surface area contributed by atoms with Crippen molar-refractivity contribution < 1.29 is 0 Å². The third-order valence-electron chi connectivity index (χ3n) is 6.65. The number of hydrogen-bond donors (Lipinski definition) is 1. The van der Waals surface area contributed by atoms with Crippen LogP contribution in [0.1, 0.15) is 58.3 Å². The summed E-state index contributed by atoms with van der Waals surface area (Å²) in [6.45, 7) is 7.77. The van der Waals surface area contributed by atoms with Crippen molar-refractivity contribution in [3.63, 3.8) is 0 Å². The van der Waals surface area contributed by atoms with Gasteiger partial charge in [-0.3, -0.25) is 4.90 Å². The summed E-state index contributed by atoms with van der Waals surface area (Å²) in [6, 6.07) is 0.979. The Kier molecular flexibility index (Phi) is 3.87. The molecule has 4 aliphatic rings.